The first-order valence-corrected chi connectivity index (χ1v) is 6.57. The number of carbonyl (C=O) groups is 2. The number of nitrogens with zero attached hydrogens (tertiary/aromatic N) is 1. The molecule has 1 fully saturated rings. The van der Waals surface area contributed by atoms with Gasteiger partial charge in [-0.25, -0.2) is 0 Å². The Hall–Kier alpha value is -1.10. The number of likely N-dealkylation sites (tertiary alicyclic amines) is 1. The van der Waals surface area contributed by atoms with E-state index in [1.165, 1.54) is 0 Å². The van der Waals surface area contributed by atoms with Crippen molar-refractivity contribution in [3.05, 3.63) is 0 Å². The van der Waals surface area contributed by atoms with E-state index in [4.69, 9.17) is 10.5 Å². The summed E-state index contributed by atoms with van der Waals surface area (Å²) in [5, 5.41) is 0. The molecule has 1 atom stereocenters. The van der Waals surface area contributed by atoms with Gasteiger partial charge in [-0.3, -0.25) is 9.59 Å². The second-order valence-electron chi connectivity index (χ2n) is 5.71. The Morgan fingerprint density at radius 3 is 2.22 bits per heavy atom. The first-order valence-electron chi connectivity index (χ1n) is 6.57. The second-order valence-corrected chi connectivity index (χ2v) is 5.71. The molecule has 1 aliphatic rings. The number of carbonyl (C=O) groups excluding carboxylic acids is 2. The third-order valence-electron chi connectivity index (χ3n) is 2.89. The van der Waals surface area contributed by atoms with E-state index in [-0.39, 0.29) is 12.5 Å². The standard InChI is InChI=1S/C13H24N2O3/c1-13(2,3)18-12(17)10(9-14)11(16)15-7-5-4-6-8-15/h10H,4-9,14H2,1-3H3/t10-/m0/s1. The molecule has 0 bridgehead atoms. The highest BCUT2D eigenvalue weighted by molar-refractivity contribution is 5.98. The second kappa shape index (κ2) is 6.18. The summed E-state index contributed by atoms with van der Waals surface area (Å²) in [5.41, 5.74) is 4.96. The first-order chi connectivity index (χ1) is 8.35. The fourth-order valence-corrected chi connectivity index (χ4v) is 2.01. The monoisotopic (exact) mass is 256 g/mol. The maximum Gasteiger partial charge on any atom is 0.320 e. The fraction of sp³-hybridized carbons (Fsp3) is 0.846. The van der Waals surface area contributed by atoms with Crippen molar-refractivity contribution in [2.75, 3.05) is 19.6 Å². The average molecular weight is 256 g/mol. The van der Waals surface area contributed by atoms with Crippen LogP contribution in [-0.4, -0.2) is 42.0 Å². The van der Waals surface area contributed by atoms with Crippen molar-refractivity contribution in [2.45, 2.75) is 45.6 Å². The molecule has 1 rings (SSSR count). The molecule has 0 aromatic heterocycles. The highest BCUT2D eigenvalue weighted by atomic mass is 16.6. The Bertz CT molecular complexity index is 304. The molecule has 0 aliphatic carbocycles. The van der Waals surface area contributed by atoms with Crippen LogP contribution < -0.4 is 5.73 Å². The van der Waals surface area contributed by atoms with Crippen LogP contribution in [0.1, 0.15) is 40.0 Å². The molecular weight excluding hydrogens is 232 g/mol. The molecule has 1 aliphatic heterocycles. The predicted molar refractivity (Wildman–Crippen MR) is 68.8 cm³/mol. The number of amides is 1. The third-order valence-corrected chi connectivity index (χ3v) is 2.89. The number of rotatable bonds is 3. The summed E-state index contributed by atoms with van der Waals surface area (Å²) in [6, 6.07) is 0. The molecular formula is C13H24N2O3. The van der Waals surface area contributed by atoms with E-state index in [1.807, 2.05) is 0 Å². The van der Waals surface area contributed by atoms with E-state index in [1.54, 1.807) is 25.7 Å². The summed E-state index contributed by atoms with van der Waals surface area (Å²) in [6.45, 7) is 6.79. The van der Waals surface area contributed by atoms with Crippen LogP contribution in [0.15, 0.2) is 0 Å². The van der Waals surface area contributed by atoms with Gasteiger partial charge in [-0.2, -0.15) is 0 Å². The molecule has 1 saturated heterocycles. The molecule has 1 heterocycles. The lowest BCUT2D eigenvalue weighted by Gasteiger charge is -2.30. The molecule has 0 radical (unpaired) electrons. The predicted octanol–water partition coefficient (Wildman–Crippen LogP) is 0.915. The van der Waals surface area contributed by atoms with Gasteiger partial charge in [-0.15, -0.1) is 0 Å². The minimum atomic E-state index is -0.859. The number of esters is 1. The van der Waals surface area contributed by atoms with E-state index in [9.17, 15) is 9.59 Å². The molecule has 104 valence electrons. The lowest BCUT2D eigenvalue weighted by molar-refractivity contribution is -0.164. The Kier molecular flexibility index (Phi) is 5.14. The zero-order valence-corrected chi connectivity index (χ0v) is 11.6. The largest absolute Gasteiger partial charge is 0.459 e. The summed E-state index contributed by atoms with van der Waals surface area (Å²) >= 11 is 0. The minimum absolute atomic E-state index is 0.00421. The van der Waals surface area contributed by atoms with Gasteiger partial charge in [-0.05, 0) is 40.0 Å². The highest BCUT2D eigenvalue weighted by Crippen LogP contribution is 2.16. The normalized spacial score (nSPS) is 18.3. The number of piperidine rings is 1. The van der Waals surface area contributed by atoms with Gasteiger partial charge in [0.15, 0.2) is 0 Å². The number of nitrogens with two attached hydrogens (primary N) is 1. The summed E-state index contributed by atoms with van der Waals surface area (Å²) in [4.78, 5) is 25.9. The van der Waals surface area contributed by atoms with Crippen molar-refractivity contribution in [2.24, 2.45) is 11.7 Å². The van der Waals surface area contributed by atoms with Crippen LogP contribution in [0.4, 0.5) is 0 Å². The summed E-state index contributed by atoms with van der Waals surface area (Å²) in [5.74, 6) is -1.56. The maximum absolute atomic E-state index is 12.2. The molecule has 5 nitrogen and oxygen atoms in total. The quantitative estimate of drug-likeness (QED) is 0.602. The Balaban J connectivity index is 2.64. The zero-order valence-electron chi connectivity index (χ0n) is 11.6. The van der Waals surface area contributed by atoms with Crippen LogP contribution in [0, 0.1) is 5.92 Å². The van der Waals surface area contributed by atoms with Crippen molar-refractivity contribution >= 4 is 11.9 Å². The number of hydrogen-bond acceptors (Lipinski definition) is 4. The summed E-state index contributed by atoms with van der Waals surface area (Å²) < 4.78 is 5.24. The molecule has 2 N–H and O–H groups in total. The minimum Gasteiger partial charge on any atom is -0.459 e. The Morgan fingerprint density at radius 1 is 1.22 bits per heavy atom. The van der Waals surface area contributed by atoms with Crippen molar-refractivity contribution < 1.29 is 14.3 Å². The van der Waals surface area contributed by atoms with Crippen molar-refractivity contribution in [1.29, 1.82) is 0 Å². The molecule has 1 amide bonds. The molecule has 5 heteroatoms. The van der Waals surface area contributed by atoms with Gasteiger partial charge < -0.3 is 15.4 Å². The zero-order chi connectivity index (χ0) is 13.8. The van der Waals surface area contributed by atoms with Gasteiger partial charge in [0.1, 0.15) is 11.5 Å². The molecule has 0 spiro atoms. The number of ether oxygens (including phenoxy) is 1. The van der Waals surface area contributed by atoms with Gasteiger partial charge in [0.25, 0.3) is 0 Å². The van der Waals surface area contributed by atoms with Gasteiger partial charge in [0.05, 0.1) is 0 Å². The topological polar surface area (TPSA) is 72.6 Å². The van der Waals surface area contributed by atoms with Crippen LogP contribution >= 0.6 is 0 Å². The van der Waals surface area contributed by atoms with Gasteiger partial charge in [0, 0.05) is 19.6 Å². The maximum atomic E-state index is 12.2. The molecule has 0 aromatic carbocycles. The molecule has 0 saturated carbocycles. The van der Waals surface area contributed by atoms with Crippen LogP contribution in [0.2, 0.25) is 0 Å². The Labute approximate surface area is 109 Å². The highest BCUT2D eigenvalue weighted by Gasteiger charge is 2.33. The van der Waals surface area contributed by atoms with Crippen molar-refractivity contribution in [1.82, 2.24) is 4.90 Å². The molecule has 0 unspecified atom stereocenters. The van der Waals surface area contributed by atoms with E-state index in [0.29, 0.717) is 0 Å². The lowest BCUT2D eigenvalue weighted by atomic mass is 10.0. The third kappa shape index (κ3) is 4.29. The van der Waals surface area contributed by atoms with Gasteiger partial charge in [0.2, 0.25) is 5.91 Å². The van der Waals surface area contributed by atoms with Crippen molar-refractivity contribution in [3.8, 4) is 0 Å². The Morgan fingerprint density at radius 2 is 1.78 bits per heavy atom. The fourth-order valence-electron chi connectivity index (χ4n) is 2.01. The lowest BCUT2D eigenvalue weighted by Crippen LogP contribution is -2.46. The summed E-state index contributed by atoms with van der Waals surface area (Å²) in [6.07, 6.45) is 3.14. The van der Waals surface area contributed by atoms with Crippen LogP contribution in [0.25, 0.3) is 0 Å². The van der Waals surface area contributed by atoms with Gasteiger partial charge in [-0.1, -0.05) is 0 Å². The molecule has 18 heavy (non-hydrogen) atoms. The summed E-state index contributed by atoms with van der Waals surface area (Å²) in [7, 11) is 0. The van der Waals surface area contributed by atoms with E-state index in [0.717, 1.165) is 32.4 Å². The average Bonchev–Trinajstić information content (AvgIpc) is 2.28. The van der Waals surface area contributed by atoms with Crippen LogP contribution in [0.3, 0.4) is 0 Å². The van der Waals surface area contributed by atoms with Crippen molar-refractivity contribution in [3.63, 3.8) is 0 Å². The van der Waals surface area contributed by atoms with Crippen LogP contribution in [0.5, 0.6) is 0 Å². The SMILES string of the molecule is CC(C)(C)OC(=O)[C@@H](CN)C(=O)N1CCCCC1. The van der Waals surface area contributed by atoms with E-state index in [2.05, 4.69) is 0 Å². The number of hydrogen-bond donors (Lipinski definition) is 1. The first kappa shape index (κ1) is 15.0. The van der Waals surface area contributed by atoms with E-state index >= 15 is 0 Å². The van der Waals surface area contributed by atoms with E-state index < -0.39 is 17.5 Å². The van der Waals surface area contributed by atoms with Crippen LogP contribution in [-0.2, 0) is 14.3 Å². The molecule has 0 aromatic rings. The smallest absolute Gasteiger partial charge is 0.320 e. The van der Waals surface area contributed by atoms with Gasteiger partial charge >= 0.3 is 5.97 Å².